The van der Waals surface area contributed by atoms with Gasteiger partial charge in [0.05, 0.1) is 10.7 Å². The molecule has 0 unspecified atom stereocenters. The summed E-state index contributed by atoms with van der Waals surface area (Å²) < 4.78 is 1.64. The van der Waals surface area contributed by atoms with Crippen molar-refractivity contribution in [2.75, 3.05) is 0 Å². The van der Waals surface area contributed by atoms with E-state index < -0.39 is 0 Å². The molecule has 3 nitrogen and oxygen atoms in total. The second kappa shape index (κ2) is 5.44. The molecule has 0 radical (unpaired) electrons. The third-order valence-corrected chi connectivity index (χ3v) is 3.51. The first-order chi connectivity index (χ1) is 9.65. The Hall–Kier alpha value is -1.55. The van der Waals surface area contributed by atoms with Crippen LogP contribution in [0.1, 0.15) is 0 Å². The highest BCUT2D eigenvalue weighted by Crippen LogP contribution is 2.29. The van der Waals surface area contributed by atoms with E-state index in [9.17, 15) is 0 Å². The van der Waals surface area contributed by atoms with Crippen molar-refractivity contribution in [1.29, 1.82) is 0 Å². The Balaban J connectivity index is 2.18. The van der Waals surface area contributed by atoms with Crippen LogP contribution in [-0.4, -0.2) is 14.8 Å². The molecule has 0 aliphatic carbocycles. The molecule has 1 aromatic heterocycles. The first-order valence-corrected chi connectivity index (χ1v) is 6.92. The van der Waals surface area contributed by atoms with Crippen LogP contribution in [0.3, 0.4) is 0 Å². The van der Waals surface area contributed by atoms with Gasteiger partial charge in [-0.15, -0.1) is 5.10 Å². The van der Waals surface area contributed by atoms with E-state index in [1.54, 1.807) is 22.9 Å². The Kier molecular flexibility index (Phi) is 3.66. The zero-order valence-electron chi connectivity index (χ0n) is 10.1. The van der Waals surface area contributed by atoms with Gasteiger partial charge in [0.1, 0.15) is 0 Å². The van der Waals surface area contributed by atoms with E-state index in [1.807, 2.05) is 30.3 Å². The van der Waals surface area contributed by atoms with Crippen LogP contribution in [0, 0.1) is 0 Å². The van der Waals surface area contributed by atoms with Crippen molar-refractivity contribution >= 4 is 34.8 Å². The van der Waals surface area contributed by atoms with Crippen LogP contribution in [0.2, 0.25) is 15.3 Å². The number of benzene rings is 2. The topological polar surface area (TPSA) is 30.7 Å². The minimum absolute atomic E-state index is 0.162. The molecule has 1 heterocycles. The molecule has 0 spiro atoms. The highest BCUT2D eigenvalue weighted by atomic mass is 35.5. The van der Waals surface area contributed by atoms with Gasteiger partial charge in [-0.1, -0.05) is 35.3 Å². The van der Waals surface area contributed by atoms with Crippen LogP contribution in [0.25, 0.3) is 17.1 Å². The third kappa shape index (κ3) is 2.52. The molecular formula is C14H8Cl3N3. The van der Waals surface area contributed by atoms with Gasteiger partial charge < -0.3 is 0 Å². The average Bonchev–Trinajstić information content (AvgIpc) is 2.82. The van der Waals surface area contributed by atoms with Gasteiger partial charge in [-0.05, 0) is 48.0 Å². The van der Waals surface area contributed by atoms with Crippen molar-refractivity contribution in [3.8, 4) is 17.1 Å². The maximum Gasteiger partial charge on any atom is 0.243 e. The smallest absolute Gasteiger partial charge is 0.212 e. The summed E-state index contributed by atoms with van der Waals surface area (Å²) in [5.74, 6) is 0.586. The highest BCUT2D eigenvalue weighted by molar-refractivity contribution is 6.33. The molecule has 100 valence electrons. The summed E-state index contributed by atoms with van der Waals surface area (Å²) in [7, 11) is 0. The minimum atomic E-state index is 0.162. The molecule has 6 heteroatoms. The van der Waals surface area contributed by atoms with Gasteiger partial charge in [0.2, 0.25) is 5.28 Å². The Labute approximate surface area is 130 Å². The molecule has 0 atom stereocenters. The van der Waals surface area contributed by atoms with E-state index in [0.29, 0.717) is 15.9 Å². The van der Waals surface area contributed by atoms with E-state index in [4.69, 9.17) is 34.8 Å². The van der Waals surface area contributed by atoms with Gasteiger partial charge in [0.25, 0.3) is 0 Å². The molecule has 20 heavy (non-hydrogen) atoms. The predicted molar refractivity (Wildman–Crippen MR) is 81.8 cm³/mol. The summed E-state index contributed by atoms with van der Waals surface area (Å²) in [5, 5.41) is 5.60. The van der Waals surface area contributed by atoms with Crippen molar-refractivity contribution in [3.63, 3.8) is 0 Å². The van der Waals surface area contributed by atoms with Crippen LogP contribution in [-0.2, 0) is 0 Å². The largest absolute Gasteiger partial charge is 0.243 e. The molecule has 0 N–H and O–H groups in total. The van der Waals surface area contributed by atoms with Crippen molar-refractivity contribution in [1.82, 2.24) is 14.8 Å². The lowest BCUT2D eigenvalue weighted by molar-refractivity contribution is 0.887. The highest BCUT2D eigenvalue weighted by Gasteiger charge is 2.14. The molecule has 0 aliphatic rings. The molecular weight excluding hydrogens is 317 g/mol. The van der Waals surface area contributed by atoms with E-state index in [1.165, 1.54) is 0 Å². The normalized spacial score (nSPS) is 10.8. The second-order valence-electron chi connectivity index (χ2n) is 4.07. The monoisotopic (exact) mass is 323 g/mol. The number of nitrogens with zero attached hydrogens (tertiary/aromatic N) is 3. The fourth-order valence-corrected chi connectivity index (χ4v) is 2.37. The van der Waals surface area contributed by atoms with Gasteiger partial charge >= 0.3 is 0 Å². The Morgan fingerprint density at radius 2 is 1.55 bits per heavy atom. The van der Waals surface area contributed by atoms with Gasteiger partial charge in [-0.25, -0.2) is 4.68 Å². The SMILES string of the molecule is Clc1ccc(-n2nc(Cl)nc2-c2ccccc2Cl)cc1. The molecule has 0 aliphatic heterocycles. The second-order valence-corrected chi connectivity index (χ2v) is 5.25. The lowest BCUT2D eigenvalue weighted by Crippen LogP contribution is -1.99. The van der Waals surface area contributed by atoms with Crippen molar-refractivity contribution in [2.24, 2.45) is 0 Å². The standard InChI is InChI=1S/C14H8Cl3N3/c15-9-5-7-10(8-6-9)20-13(18-14(17)19-20)11-3-1-2-4-12(11)16/h1-8H. The molecule has 0 saturated carbocycles. The first kappa shape index (κ1) is 13.4. The number of hydrogen-bond donors (Lipinski definition) is 0. The number of halogens is 3. The molecule has 2 aromatic carbocycles. The van der Waals surface area contributed by atoms with Crippen LogP contribution < -0.4 is 0 Å². The van der Waals surface area contributed by atoms with Crippen molar-refractivity contribution in [3.05, 3.63) is 63.9 Å². The van der Waals surface area contributed by atoms with Gasteiger partial charge in [-0.3, -0.25) is 0 Å². The molecule has 0 fully saturated rings. The van der Waals surface area contributed by atoms with Crippen LogP contribution in [0.4, 0.5) is 0 Å². The van der Waals surface area contributed by atoms with Crippen molar-refractivity contribution < 1.29 is 0 Å². The Morgan fingerprint density at radius 3 is 2.25 bits per heavy atom. The summed E-state index contributed by atoms with van der Waals surface area (Å²) >= 11 is 18.0. The van der Waals surface area contributed by atoms with Gasteiger partial charge in [0.15, 0.2) is 5.82 Å². The molecule has 3 aromatic rings. The summed E-state index contributed by atoms with van der Waals surface area (Å²) in [5.41, 5.74) is 1.58. The maximum atomic E-state index is 6.21. The van der Waals surface area contributed by atoms with Gasteiger partial charge in [0, 0.05) is 10.6 Å². The van der Waals surface area contributed by atoms with E-state index in [-0.39, 0.29) is 5.28 Å². The lowest BCUT2D eigenvalue weighted by atomic mass is 10.2. The molecule has 3 rings (SSSR count). The Bertz CT molecular complexity index is 751. The first-order valence-electron chi connectivity index (χ1n) is 5.78. The summed E-state index contributed by atoms with van der Waals surface area (Å²) in [6.07, 6.45) is 0. The third-order valence-electron chi connectivity index (χ3n) is 2.77. The lowest BCUT2D eigenvalue weighted by Gasteiger charge is -2.07. The number of rotatable bonds is 2. The van der Waals surface area contributed by atoms with Crippen molar-refractivity contribution in [2.45, 2.75) is 0 Å². The van der Waals surface area contributed by atoms with Gasteiger partial charge in [-0.2, -0.15) is 4.98 Å². The van der Waals surface area contributed by atoms with Crippen LogP contribution >= 0.6 is 34.8 Å². The molecule has 0 bridgehead atoms. The fraction of sp³-hybridized carbons (Fsp3) is 0. The zero-order chi connectivity index (χ0) is 14.1. The average molecular weight is 325 g/mol. The molecule has 0 saturated heterocycles. The predicted octanol–water partition coefficient (Wildman–Crippen LogP) is 4.89. The Morgan fingerprint density at radius 1 is 0.850 bits per heavy atom. The summed E-state index contributed by atoms with van der Waals surface area (Å²) in [6.45, 7) is 0. The van der Waals surface area contributed by atoms with E-state index in [2.05, 4.69) is 10.1 Å². The van der Waals surface area contributed by atoms with E-state index in [0.717, 1.165) is 11.3 Å². The van der Waals surface area contributed by atoms with Crippen LogP contribution in [0.15, 0.2) is 48.5 Å². The summed E-state index contributed by atoms with van der Waals surface area (Å²) in [4.78, 5) is 4.24. The number of aromatic nitrogens is 3. The minimum Gasteiger partial charge on any atom is -0.212 e. The summed E-state index contributed by atoms with van der Waals surface area (Å²) in [6, 6.07) is 14.7. The van der Waals surface area contributed by atoms with Crippen LogP contribution in [0.5, 0.6) is 0 Å². The fourth-order valence-electron chi connectivity index (χ4n) is 1.87. The van der Waals surface area contributed by atoms with E-state index >= 15 is 0 Å². The quantitative estimate of drug-likeness (QED) is 0.671. The number of hydrogen-bond acceptors (Lipinski definition) is 2. The maximum absolute atomic E-state index is 6.21. The molecule has 0 amide bonds. The zero-order valence-corrected chi connectivity index (χ0v) is 12.4.